The van der Waals surface area contributed by atoms with Gasteiger partial charge in [-0.05, 0) is 18.9 Å². The number of carbonyl (C=O) groups is 2. The molecule has 0 saturated carbocycles. The lowest BCUT2D eigenvalue weighted by molar-refractivity contribution is -0.134. The minimum atomic E-state index is -1.41. The first-order chi connectivity index (χ1) is 5.96. The number of hydrogen-bond acceptors (Lipinski definition) is 3. The van der Waals surface area contributed by atoms with Gasteiger partial charge in [-0.25, -0.2) is 4.79 Å². The SMILES string of the molecule is CCC(O)(CC)C(=O)C=CC(=O)O. The first kappa shape index (κ1) is 11.8. The van der Waals surface area contributed by atoms with E-state index < -0.39 is 17.4 Å². The van der Waals surface area contributed by atoms with E-state index in [0.717, 1.165) is 12.2 Å². The number of carboxylic acids is 1. The number of carbonyl (C=O) groups excluding carboxylic acids is 1. The van der Waals surface area contributed by atoms with Crippen molar-refractivity contribution in [2.75, 3.05) is 0 Å². The number of hydrogen-bond donors (Lipinski definition) is 2. The Hall–Kier alpha value is -1.16. The van der Waals surface area contributed by atoms with Gasteiger partial charge < -0.3 is 10.2 Å². The molecule has 0 aliphatic heterocycles. The van der Waals surface area contributed by atoms with Crippen molar-refractivity contribution in [2.45, 2.75) is 32.3 Å². The Morgan fingerprint density at radius 1 is 1.23 bits per heavy atom. The van der Waals surface area contributed by atoms with Gasteiger partial charge >= 0.3 is 5.97 Å². The van der Waals surface area contributed by atoms with Crippen LogP contribution in [0.15, 0.2) is 12.2 Å². The van der Waals surface area contributed by atoms with Crippen LogP contribution < -0.4 is 0 Å². The molecule has 0 atom stereocenters. The molecule has 0 unspecified atom stereocenters. The molecule has 0 aliphatic carbocycles. The molecule has 2 N–H and O–H groups in total. The van der Waals surface area contributed by atoms with Crippen LogP contribution in [0.4, 0.5) is 0 Å². The van der Waals surface area contributed by atoms with Crippen LogP contribution in [-0.2, 0) is 9.59 Å². The van der Waals surface area contributed by atoms with Crippen molar-refractivity contribution in [3.05, 3.63) is 12.2 Å². The third-order valence-corrected chi connectivity index (χ3v) is 2.01. The van der Waals surface area contributed by atoms with Crippen molar-refractivity contribution >= 4 is 11.8 Å². The van der Waals surface area contributed by atoms with Crippen molar-refractivity contribution in [3.8, 4) is 0 Å². The molecule has 0 amide bonds. The molecular formula is C9H14O4. The van der Waals surface area contributed by atoms with E-state index >= 15 is 0 Å². The molecule has 0 aromatic heterocycles. The number of ketones is 1. The fourth-order valence-electron chi connectivity index (χ4n) is 0.901. The Kier molecular flexibility index (Phi) is 4.34. The summed E-state index contributed by atoms with van der Waals surface area (Å²) >= 11 is 0. The minimum Gasteiger partial charge on any atom is -0.478 e. The molecule has 13 heavy (non-hydrogen) atoms. The standard InChI is InChI=1S/C9H14O4/c1-3-9(13,4-2)7(10)5-6-8(11)12/h5-6,13H,3-4H2,1-2H3,(H,11,12). The molecule has 74 valence electrons. The summed E-state index contributed by atoms with van der Waals surface area (Å²) < 4.78 is 0. The molecule has 0 radical (unpaired) electrons. The Bertz CT molecular complexity index is 226. The van der Waals surface area contributed by atoms with Crippen LogP contribution in [0, 0.1) is 0 Å². The maximum atomic E-state index is 11.2. The van der Waals surface area contributed by atoms with Crippen molar-refractivity contribution in [2.24, 2.45) is 0 Å². The Labute approximate surface area is 76.9 Å². The lowest BCUT2D eigenvalue weighted by Crippen LogP contribution is -2.35. The molecule has 4 heteroatoms. The van der Waals surface area contributed by atoms with Gasteiger partial charge in [-0.15, -0.1) is 0 Å². The van der Waals surface area contributed by atoms with Crippen molar-refractivity contribution in [1.29, 1.82) is 0 Å². The summed E-state index contributed by atoms with van der Waals surface area (Å²) in [5, 5.41) is 17.9. The van der Waals surface area contributed by atoms with Crippen molar-refractivity contribution in [1.82, 2.24) is 0 Å². The molecular weight excluding hydrogens is 172 g/mol. The van der Waals surface area contributed by atoms with Gasteiger partial charge in [0.1, 0.15) is 5.60 Å². The van der Waals surface area contributed by atoms with Crippen LogP contribution in [0.25, 0.3) is 0 Å². The summed E-state index contributed by atoms with van der Waals surface area (Å²) in [6, 6.07) is 0. The van der Waals surface area contributed by atoms with E-state index in [1.54, 1.807) is 13.8 Å². The zero-order valence-corrected chi connectivity index (χ0v) is 7.78. The van der Waals surface area contributed by atoms with E-state index in [-0.39, 0.29) is 12.8 Å². The van der Waals surface area contributed by atoms with Gasteiger partial charge in [-0.3, -0.25) is 4.79 Å². The molecule has 0 rings (SSSR count). The lowest BCUT2D eigenvalue weighted by Gasteiger charge is -2.21. The zero-order chi connectivity index (χ0) is 10.5. The largest absolute Gasteiger partial charge is 0.478 e. The van der Waals surface area contributed by atoms with E-state index in [0.29, 0.717) is 0 Å². The van der Waals surface area contributed by atoms with Gasteiger partial charge in [0, 0.05) is 6.08 Å². The highest BCUT2D eigenvalue weighted by molar-refractivity contribution is 6.00. The third kappa shape index (κ3) is 3.38. The van der Waals surface area contributed by atoms with Gasteiger partial charge in [-0.1, -0.05) is 13.8 Å². The first-order valence-electron chi connectivity index (χ1n) is 4.14. The normalized spacial score (nSPS) is 11.9. The van der Waals surface area contributed by atoms with Crippen LogP contribution in [0.2, 0.25) is 0 Å². The second-order valence-electron chi connectivity index (χ2n) is 2.77. The summed E-state index contributed by atoms with van der Waals surface area (Å²) in [5.41, 5.74) is -1.41. The van der Waals surface area contributed by atoms with E-state index in [1.165, 1.54) is 0 Å². The van der Waals surface area contributed by atoms with Gasteiger partial charge in [-0.2, -0.15) is 0 Å². The second-order valence-corrected chi connectivity index (χ2v) is 2.77. The predicted octanol–water partition coefficient (Wildman–Crippen LogP) is 0.747. The van der Waals surface area contributed by atoms with Crippen LogP contribution in [0.1, 0.15) is 26.7 Å². The predicted molar refractivity (Wildman–Crippen MR) is 47.3 cm³/mol. The van der Waals surface area contributed by atoms with Crippen LogP contribution in [-0.4, -0.2) is 27.6 Å². The van der Waals surface area contributed by atoms with E-state index in [9.17, 15) is 14.7 Å². The third-order valence-electron chi connectivity index (χ3n) is 2.01. The average Bonchev–Trinajstić information content (AvgIpc) is 2.12. The molecule has 0 spiro atoms. The summed E-state index contributed by atoms with van der Waals surface area (Å²) in [6.07, 6.45) is 2.20. The molecule has 4 nitrogen and oxygen atoms in total. The highest BCUT2D eigenvalue weighted by atomic mass is 16.4. The smallest absolute Gasteiger partial charge is 0.328 e. The van der Waals surface area contributed by atoms with Gasteiger partial charge in [0.25, 0.3) is 0 Å². The molecule has 0 bridgehead atoms. The highest BCUT2D eigenvalue weighted by Crippen LogP contribution is 2.16. The lowest BCUT2D eigenvalue weighted by atomic mass is 9.92. The number of carboxylic acid groups (broad SMARTS) is 1. The molecule has 0 fully saturated rings. The van der Waals surface area contributed by atoms with Crippen molar-refractivity contribution in [3.63, 3.8) is 0 Å². The zero-order valence-electron chi connectivity index (χ0n) is 7.78. The number of aliphatic hydroxyl groups is 1. The molecule has 0 aromatic carbocycles. The maximum absolute atomic E-state index is 11.2. The molecule has 0 heterocycles. The molecule has 0 aliphatic rings. The summed E-state index contributed by atoms with van der Waals surface area (Å²) in [7, 11) is 0. The minimum absolute atomic E-state index is 0.284. The fourth-order valence-corrected chi connectivity index (χ4v) is 0.901. The number of rotatable bonds is 5. The highest BCUT2D eigenvalue weighted by Gasteiger charge is 2.29. The summed E-state index contributed by atoms with van der Waals surface area (Å²) in [5.74, 6) is -1.75. The Morgan fingerprint density at radius 2 is 1.69 bits per heavy atom. The van der Waals surface area contributed by atoms with Gasteiger partial charge in [0.15, 0.2) is 5.78 Å². The Morgan fingerprint density at radius 3 is 2.00 bits per heavy atom. The average molecular weight is 186 g/mol. The van der Waals surface area contributed by atoms with E-state index in [1.807, 2.05) is 0 Å². The fraction of sp³-hybridized carbons (Fsp3) is 0.556. The van der Waals surface area contributed by atoms with Gasteiger partial charge in [0.05, 0.1) is 0 Å². The monoisotopic (exact) mass is 186 g/mol. The quantitative estimate of drug-likeness (QED) is 0.621. The van der Waals surface area contributed by atoms with Crippen LogP contribution in [0.3, 0.4) is 0 Å². The molecule has 0 aromatic rings. The summed E-state index contributed by atoms with van der Waals surface area (Å²) in [6.45, 7) is 3.35. The summed E-state index contributed by atoms with van der Waals surface area (Å²) in [4.78, 5) is 21.3. The van der Waals surface area contributed by atoms with Crippen LogP contribution >= 0.6 is 0 Å². The van der Waals surface area contributed by atoms with Crippen LogP contribution in [0.5, 0.6) is 0 Å². The second kappa shape index (κ2) is 4.77. The van der Waals surface area contributed by atoms with E-state index in [2.05, 4.69) is 0 Å². The number of aliphatic carboxylic acids is 1. The Balaban J connectivity index is 4.49. The van der Waals surface area contributed by atoms with Gasteiger partial charge in [0.2, 0.25) is 0 Å². The maximum Gasteiger partial charge on any atom is 0.328 e. The van der Waals surface area contributed by atoms with Crippen molar-refractivity contribution < 1.29 is 19.8 Å². The first-order valence-corrected chi connectivity index (χ1v) is 4.14. The van der Waals surface area contributed by atoms with E-state index in [4.69, 9.17) is 5.11 Å². The topological polar surface area (TPSA) is 74.6 Å². The molecule has 0 saturated heterocycles.